The molecule has 1 aromatic heterocycles. The Bertz CT molecular complexity index is 546. The van der Waals surface area contributed by atoms with Gasteiger partial charge in [-0.1, -0.05) is 23.2 Å². The van der Waals surface area contributed by atoms with Gasteiger partial charge in [0, 0.05) is 10.6 Å². The lowest BCUT2D eigenvalue weighted by molar-refractivity contribution is 0.619. The molecular weight excluding hydrogens is 252 g/mol. The van der Waals surface area contributed by atoms with Crippen LogP contribution in [0.3, 0.4) is 0 Å². The molecule has 0 spiro atoms. The van der Waals surface area contributed by atoms with Crippen molar-refractivity contribution in [2.24, 2.45) is 0 Å². The lowest BCUT2D eigenvalue weighted by Crippen LogP contribution is -1.99. The van der Waals surface area contributed by atoms with Crippen LogP contribution in [0.5, 0.6) is 0 Å². The highest BCUT2D eigenvalue weighted by Crippen LogP contribution is 2.30. The molecule has 0 aliphatic carbocycles. The first-order valence-electron chi connectivity index (χ1n) is 4.31. The van der Waals surface area contributed by atoms with Crippen molar-refractivity contribution < 1.29 is 4.39 Å². The molecule has 6 heteroatoms. The quantitative estimate of drug-likeness (QED) is 0.854. The number of hydrogen-bond acceptors (Lipinski definition) is 3. The fourth-order valence-electron chi connectivity index (χ4n) is 1.25. The van der Waals surface area contributed by atoms with Crippen molar-refractivity contribution in [3.8, 4) is 11.3 Å². The zero-order valence-corrected chi connectivity index (χ0v) is 9.43. The van der Waals surface area contributed by atoms with Gasteiger partial charge < -0.3 is 5.73 Å². The van der Waals surface area contributed by atoms with E-state index in [1.165, 1.54) is 6.07 Å². The predicted molar refractivity (Wildman–Crippen MR) is 61.9 cm³/mol. The Hall–Kier alpha value is -1.39. The van der Waals surface area contributed by atoms with E-state index in [9.17, 15) is 4.39 Å². The van der Waals surface area contributed by atoms with Crippen molar-refractivity contribution >= 4 is 29.2 Å². The van der Waals surface area contributed by atoms with Gasteiger partial charge in [-0.2, -0.15) is 0 Å². The third-order valence-corrected chi connectivity index (χ3v) is 2.50. The van der Waals surface area contributed by atoms with Crippen LogP contribution in [0.25, 0.3) is 11.3 Å². The molecular formula is C10H6Cl2FN3. The highest BCUT2D eigenvalue weighted by Gasteiger charge is 2.11. The summed E-state index contributed by atoms with van der Waals surface area (Å²) < 4.78 is 13.5. The molecule has 3 nitrogen and oxygen atoms in total. The molecule has 2 aromatic rings. The van der Waals surface area contributed by atoms with E-state index in [0.717, 1.165) is 6.20 Å². The summed E-state index contributed by atoms with van der Waals surface area (Å²) in [5, 5.41) is 0.778. The van der Waals surface area contributed by atoms with Crippen LogP contribution in [0, 0.1) is 5.82 Å². The van der Waals surface area contributed by atoms with Crippen LogP contribution in [-0.4, -0.2) is 9.97 Å². The molecule has 16 heavy (non-hydrogen) atoms. The first kappa shape index (κ1) is 11.1. The minimum Gasteiger partial charge on any atom is -0.368 e. The van der Waals surface area contributed by atoms with Crippen LogP contribution >= 0.6 is 23.2 Å². The minimum absolute atomic E-state index is 0.0117. The number of nitrogens with two attached hydrogens (primary N) is 1. The van der Waals surface area contributed by atoms with Crippen LogP contribution in [0.15, 0.2) is 24.4 Å². The molecule has 0 amide bonds. The lowest BCUT2D eigenvalue weighted by Gasteiger charge is -2.05. The van der Waals surface area contributed by atoms with Crippen LogP contribution in [0.2, 0.25) is 10.0 Å². The van der Waals surface area contributed by atoms with E-state index in [1.807, 2.05) is 0 Å². The first-order chi connectivity index (χ1) is 7.58. The van der Waals surface area contributed by atoms with Gasteiger partial charge in [0.15, 0.2) is 5.82 Å². The largest absolute Gasteiger partial charge is 0.368 e. The zero-order valence-electron chi connectivity index (χ0n) is 7.92. The smallest absolute Gasteiger partial charge is 0.220 e. The van der Waals surface area contributed by atoms with Crippen molar-refractivity contribution in [2.45, 2.75) is 0 Å². The van der Waals surface area contributed by atoms with Gasteiger partial charge in [-0.25, -0.2) is 14.4 Å². The average molecular weight is 258 g/mol. The maximum absolute atomic E-state index is 13.5. The summed E-state index contributed by atoms with van der Waals surface area (Å²) in [7, 11) is 0. The molecule has 1 aromatic carbocycles. The molecule has 0 fully saturated rings. The summed E-state index contributed by atoms with van der Waals surface area (Å²) in [6, 6.07) is 4.69. The Labute approximate surface area is 101 Å². The second-order valence-electron chi connectivity index (χ2n) is 3.05. The topological polar surface area (TPSA) is 51.8 Å². The molecule has 82 valence electrons. The predicted octanol–water partition coefficient (Wildman–Crippen LogP) is 3.17. The summed E-state index contributed by atoms with van der Waals surface area (Å²) in [5.74, 6) is -0.596. The van der Waals surface area contributed by atoms with E-state index in [4.69, 9.17) is 28.9 Å². The van der Waals surface area contributed by atoms with Gasteiger partial charge in [-0.15, -0.1) is 0 Å². The summed E-state index contributed by atoms with van der Waals surface area (Å²) >= 11 is 11.7. The van der Waals surface area contributed by atoms with E-state index in [-0.39, 0.29) is 11.6 Å². The number of anilines is 1. The number of aromatic nitrogens is 2. The fourth-order valence-corrected chi connectivity index (χ4v) is 1.75. The van der Waals surface area contributed by atoms with E-state index >= 15 is 0 Å². The number of benzene rings is 1. The zero-order chi connectivity index (χ0) is 11.7. The van der Waals surface area contributed by atoms with E-state index in [2.05, 4.69) is 9.97 Å². The van der Waals surface area contributed by atoms with Crippen LogP contribution in [-0.2, 0) is 0 Å². The molecule has 0 saturated carbocycles. The molecule has 0 radical (unpaired) electrons. The normalized spacial score (nSPS) is 10.4. The molecule has 0 aliphatic rings. The summed E-state index contributed by atoms with van der Waals surface area (Å²) in [6.45, 7) is 0. The van der Waals surface area contributed by atoms with Crippen molar-refractivity contribution in [3.05, 3.63) is 40.3 Å². The number of halogens is 3. The maximum Gasteiger partial charge on any atom is 0.220 e. The highest BCUT2D eigenvalue weighted by atomic mass is 35.5. The van der Waals surface area contributed by atoms with Crippen molar-refractivity contribution in [1.82, 2.24) is 9.97 Å². The van der Waals surface area contributed by atoms with Gasteiger partial charge in [-0.05, 0) is 18.2 Å². The highest BCUT2D eigenvalue weighted by molar-refractivity contribution is 6.36. The second-order valence-corrected chi connectivity index (χ2v) is 3.89. The van der Waals surface area contributed by atoms with Crippen molar-refractivity contribution in [3.63, 3.8) is 0 Å². The lowest BCUT2D eigenvalue weighted by atomic mass is 10.1. The summed E-state index contributed by atoms with van der Waals surface area (Å²) in [6.07, 6.45) is 1.00. The Balaban J connectivity index is 2.62. The first-order valence-corrected chi connectivity index (χ1v) is 5.07. The molecule has 0 unspecified atom stereocenters. The van der Waals surface area contributed by atoms with Crippen molar-refractivity contribution in [2.75, 3.05) is 5.73 Å². The van der Waals surface area contributed by atoms with Crippen molar-refractivity contribution in [1.29, 1.82) is 0 Å². The monoisotopic (exact) mass is 257 g/mol. The summed E-state index contributed by atoms with van der Waals surface area (Å²) in [5.41, 5.74) is 5.88. The van der Waals surface area contributed by atoms with Crippen LogP contribution in [0.4, 0.5) is 10.3 Å². The fraction of sp³-hybridized carbons (Fsp3) is 0. The molecule has 2 N–H and O–H groups in total. The van der Waals surface area contributed by atoms with Gasteiger partial charge in [0.25, 0.3) is 0 Å². The third-order valence-electron chi connectivity index (χ3n) is 1.95. The molecule has 2 rings (SSSR count). The van der Waals surface area contributed by atoms with Gasteiger partial charge in [0.05, 0.1) is 11.2 Å². The minimum atomic E-state index is -0.585. The molecule has 0 atom stereocenters. The Morgan fingerprint density at radius 2 is 2.00 bits per heavy atom. The van der Waals surface area contributed by atoms with E-state index in [1.54, 1.807) is 12.1 Å². The standard InChI is InChI=1S/C10H6Cl2FN3/c11-5-1-2-6(7(12)3-5)9-8(13)4-15-10(14)16-9/h1-4H,(H2,14,15,16). The molecule has 0 aliphatic heterocycles. The summed E-state index contributed by atoms with van der Waals surface area (Å²) in [4.78, 5) is 7.33. The Kier molecular flexibility index (Phi) is 2.94. The second kappa shape index (κ2) is 4.23. The van der Waals surface area contributed by atoms with Gasteiger partial charge >= 0.3 is 0 Å². The Morgan fingerprint density at radius 3 is 2.69 bits per heavy atom. The average Bonchev–Trinajstić information content (AvgIpc) is 2.22. The Morgan fingerprint density at radius 1 is 1.25 bits per heavy atom. The number of rotatable bonds is 1. The SMILES string of the molecule is Nc1ncc(F)c(-c2ccc(Cl)cc2Cl)n1. The van der Waals surface area contributed by atoms with Crippen LogP contribution in [0.1, 0.15) is 0 Å². The molecule has 0 saturated heterocycles. The van der Waals surface area contributed by atoms with Gasteiger partial charge in [-0.3, -0.25) is 0 Å². The molecule has 0 bridgehead atoms. The van der Waals surface area contributed by atoms with Gasteiger partial charge in [0.2, 0.25) is 5.95 Å². The van der Waals surface area contributed by atoms with Gasteiger partial charge in [0.1, 0.15) is 5.69 Å². The number of hydrogen-bond donors (Lipinski definition) is 1. The van der Waals surface area contributed by atoms with E-state index in [0.29, 0.717) is 15.6 Å². The van der Waals surface area contributed by atoms with E-state index < -0.39 is 5.82 Å². The number of nitrogens with zero attached hydrogens (tertiary/aromatic N) is 2. The van der Waals surface area contributed by atoms with Crippen LogP contribution < -0.4 is 5.73 Å². The molecule has 1 heterocycles. The number of nitrogen functional groups attached to an aromatic ring is 1. The third kappa shape index (κ3) is 2.08. The maximum atomic E-state index is 13.5.